The molecule has 0 radical (unpaired) electrons. The highest BCUT2D eigenvalue weighted by atomic mass is 16.3. The van der Waals surface area contributed by atoms with E-state index in [0.29, 0.717) is 0 Å². The molecule has 7 nitrogen and oxygen atoms in total. The summed E-state index contributed by atoms with van der Waals surface area (Å²) in [6.45, 7) is 6.47. The molecule has 3 aromatic rings. The van der Waals surface area contributed by atoms with Crippen molar-refractivity contribution in [3.8, 4) is 11.5 Å². The third-order valence-electron chi connectivity index (χ3n) is 4.17. The smallest absolute Gasteiger partial charge is 0.191 e. The third-order valence-corrected chi connectivity index (χ3v) is 4.17. The molecule has 0 amide bonds. The van der Waals surface area contributed by atoms with Crippen LogP contribution in [0.3, 0.4) is 0 Å². The van der Waals surface area contributed by atoms with Gasteiger partial charge in [0.15, 0.2) is 17.5 Å². The van der Waals surface area contributed by atoms with Crippen molar-refractivity contribution in [1.29, 1.82) is 0 Å². The molecule has 4 rings (SSSR count). The normalized spacial score (nSPS) is 15.8. The van der Waals surface area contributed by atoms with Crippen LogP contribution in [0.25, 0.3) is 11.5 Å². The van der Waals surface area contributed by atoms with Crippen LogP contribution in [0.2, 0.25) is 0 Å². The van der Waals surface area contributed by atoms with Crippen LogP contribution in [-0.2, 0) is 6.54 Å². The number of aromatic nitrogens is 3. The van der Waals surface area contributed by atoms with Gasteiger partial charge in [0.1, 0.15) is 12.0 Å². The molecular weight excluding hydrogens is 306 g/mol. The molecule has 0 unspecified atom stereocenters. The first-order valence-corrected chi connectivity index (χ1v) is 8.04. The lowest BCUT2D eigenvalue weighted by Gasteiger charge is -2.34. The van der Waals surface area contributed by atoms with Gasteiger partial charge in [-0.2, -0.15) is 0 Å². The number of anilines is 1. The highest BCUT2D eigenvalue weighted by molar-refractivity contribution is 5.53. The largest absolute Gasteiger partial charge is 0.463 e. The van der Waals surface area contributed by atoms with Crippen molar-refractivity contribution >= 4 is 5.82 Å². The lowest BCUT2D eigenvalue weighted by molar-refractivity contribution is 0.246. The number of oxazole rings is 1. The minimum Gasteiger partial charge on any atom is -0.463 e. The SMILES string of the molecule is Cc1nc(CN2CCN(c3ccc(-c4ccco4)nn3)CC2)co1. The average molecular weight is 325 g/mol. The molecule has 4 heterocycles. The molecule has 1 aliphatic rings. The Morgan fingerprint density at radius 2 is 1.92 bits per heavy atom. The van der Waals surface area contributed by atoms with Gasteiger partial charge >= 0.3 is 0 Å². The van der Waals surface area contributed by atoms with Gasteiger partial charge in [0.05, 0.1) is 12.0 Å². The highest BCUT2D eigenvalue weighted by Gasteiger charge is 2.19. The monoisotopic (exact) mass is 325 g/mol. The van der Waals surface area contributed by atoms with Crippen molar-refractivity contribution in [2.75, 3.05) is 31.1 Å². The Hall–Kier alpha value is -2.67. The van der Waals surface area contributed by atoms with Crippen molar-refractivity contribution < 1.29 is 8.83 Å². The minimum absolute atomic E-state index is 0.718. The maximum Gasteiger partial charge on any atom is 0.191 e. The molecule has 124 valence electrons. The summed E-state index contributed by atoms with van der Waals surface area (Å²) in [4.78, 5) is 8.99. The molecule has 0 saturated carbocycles. The summed E-state index contributed by atoms with van der Waals surface area (Å²) in [5.41, 5.74) is 1.74. The van der Waals surface area contributed by atoms with E-state index in [1.165, 1.54) is 0 Å². The predicted octanol–water partition coefficient (Wildman–Crippen LogP) is 2.36. The van der Waals surface area contributed by atoms with Crippen LogP contribution >= 0.6 is 0 Å². The Balaban J connectivity index is 1.35. The third kappa shape index (κ3) is 3.16. The van der Waals surface area contributed by atoms with E-state index in [1.807, 2.05) is 31.2 Å². The molecule has 1 saturated heterocycles. The summed E-state index contributed by atoms with van der Waals surface area (Å²) < 4.78 is 10.6. The molecule has 0 aromatic carbocycles. The first kappa shape index (κ1) is 14.9. The Bertz CT molecular complexity index is 774. The summed E-state index contributed by atoms with van der Waals surface area (Å²) in [5, 5.41) is 8.61. The van der Waals surface area contributed by atoms with Gasteiger partial charge in [0.25, 0.3) is 0 Å². The van der Waals surface area contributed by atoms with Gasteiger partial charge in [0, 0.05) is 39.6 Å². The summed E-state index contributed by atoms with van der Waals surface area (Å²) in [7, 11) is 0. The fourth-order valence-corrected chi connectivity index (χ4v) is 2.89. The second-order valence-electron chi connectivity index (χ2n) is 5.88. The molecule has 7 heteroatoms. The van der Waals surface area contributed by atoms with Crippen LogP contribution in [-0.4, -0.2) is 46.3 Å². The number of rotatable bonds is 4. The topological polar surface area (TPSA) is 71.4 Å². The van der Waals surface area contributed by atoms with Gasteiger partial charge in [0.2, 0.25) is 0 Å². The number of piperazine rings is 1. The number of hydrogen-bond acceptors (Lipinski definition) is 7. The Labute approximate surface area is 139 Å². The van der Waals surface area contributed by atoms with E-state index in [2.05, 4.69) is 25.0 Å². The van der Waals surface area contributed by atoms with E-state index in [0.717, 1.165) is 61.6 Å². The quantitative estimate of drug-likeness (QED) is 0.729. The molecule has 24 heavy (non-hydrogen) atoms. The first-order valence-electron chi connectivity index (χ1n) is 8.04. The number of furan rings is 1. The van der Waals surface area contributed by atoms with Crippen LogP contribution in [0.1, 0.15) is 11.6 Å². The highest BCUT2D eigenvalue weighted by Crippen LogP contribution is 2.20. The molecule has 0 aliphatic carbocycles. The van der Waals surface area contributed by atoms with Crippen molar-refractivity contribution in [2.45, 2.75) is 13.5 Å². The second-order valence-corrected chi connectivity index (χ2v) is 5.88. The average Bonchev–Trinajstić information content (AvgIpc) is 3.28. The van der Waals surface area contributed by atoms with Gasteiger partial charge in [-0.3, -0.25) is 4.90 Å². The predicted molar refractivity (Wildman–Crippen MR) is 88.5 cm³/mol. The molecule has 0 bridgehead atoms. The van der Waals surface area contributed by atoms with Crippen LogP contribution in [0.15, 0.2) is 45.6 Å². The van der Waals surface area contributed by atoms with Gasteiger partial charge in [-0.05, 0) is 24.3 Å². The van der Waals surface area contributed by atoms with Gasteiger partial charge in [-0.15, -0.1) is 10.2 Å². The maximum atomic E-state index is 5.34. The van der Waals surface area contributed by atoms with Crippen molar-refractivity contribution in [1.82, 2.24) is 20.1 Å². The van der Waals surface area contributed by atoms with E-state index >= 15 is 0 Å². The molecule has 3 aromatic heterocycles. The fourth-order valence-electron chi connectivity index (χ4n) is 2.89. The number of hydrogen-bond donors (Lipinski definition) is 0. The second kappa shape index (κ2) is 6.45. The minimum atomic E-state index is 0.718. The zero-order valence-electron chi connectivity index (χ0n) is 13.6. The zero-order chi connectivity index (χ0) is 16.4. The maximum absolute atomic E-state index is 5.34. The lowest BCUT2D eigenvalue weighted by atomic mass is 10.2. The fraction of sp³-hybridized carbons (Fsp3) is 0.353. The number of aryl methyl sites for hydroxylation is 1. The molecule has 0 N–H and O–H groups in total. The Kier molecular flexibility index (Phi) is 4.00. The Morgan fingerprint density at radius 1 is 1.04 bits per heavy atom. The standard InChI is InChI=1S/C17H19N5O2/c1-13-18-14(12-24-13)11-21-6-8-22(9-7-21)17-5-4-15(19-20-17)16-3-2-10-23-16/h2-5,10,12H,6-9,11H2,1H3. The summed E-state index contributed by atoms with van der Waals surface area (Å²) in [6, 6.07) is 7.68. The lowest BCUT2D eigenvalue weighted by Crippen LogP contribution is -2.46. The Morgan fingerprint density at radius 3 is 2.54 bits per heavy atom. The van der Waals surface area contributed by atoms with Crippen molar-refractivity contribution in [3.05, 3.63) is 48.4 Å². The van der Waals surface area contributed by atoms with Crippen LogP contribution in [0.4, 0.5) is 5.82 Å². The summed E-state index contributed by atoms with van der Waals surface area (Å²) in [6.07, 6.45) is 3.38. The summed E-state index contributed by atoms with van der Waals surface area (Å²) >= 11 is 0. The first-order chi connectivity index (χ1) is 11.8. The summed E-state index contributed by atoms with van der Waals surface area (Å²) in [5.74, 6) is 2.36. The van der Waals surface area contributed by atoms with E-state index in [4.69, 9.17) is 8.83 Å². The van der Waals surface area contributed by atoms with Crippen LogP contribution < -0.4 is 4.90 Å². The van der Waals surface area contributed by atoms with Gasteiger partial charge in [-0.1, -0.05) is 0 Å². The molecule has 0 spiro atoms. The van der Waals surface area contributed by atoms with Crippen molar-refractivity contribution in [3.63, 3.8) is 0 Å². The molecular formula is C17H19N5O2. The molecule has 0 atom stereocenters. The molecule has 1 fully saturated rings. The van der Waals surface area contributed by atoms with Crippen molar-refractivity contribution in [2.24, 2.45) is 0 Å². The number of nitrogens with zero attached hydrogens (tertiary/aromatic N) is 5. The van der Waals surface area contributed by atoms with E-state index < -0.39 is 0 Å². The van der Waals surface area contributed by atoms with E-state index in [-0.39, 0.29) is 0 Å². The van der Waals surface area contributed by atoms with Crippen LogP contribution in [0, 0.1) is 6.92 Å². The molecule has 1 aliphatic heterocycles. The van der Waals surface area contributed by atoms with E-state index in [9.17, 15) is 0 Å². The van der Waals surface area contributed by atoms with Gasteiger partial charge in [-0.25, -0.2) is 4.98 Å². The van der Waals surface area contributed by atoms with Crippen LogP contribution in [0.5, 0.6) is 0 Å². The van der Waals surface area contributed by atoms with Gasteiger partial charge < -0.3 is 13.7 Å². The zero-order valence-corrected chi connectivity index (χ0v) is 13.6. The van der Waals surface area contributed by atoms with E-state index in [1.54, 1.807) is 12.5 Å².